The molecule has 0 aliphatic rings. The van der Waals surface area contributed by atoms with Gasteiger partial charge in [0.2, 0.25) is 0 Å². The monoisotopic (exact) mass is 464 g/mol. The van der Waals surface area contributed by atoms with E-state index in [1.54, 1.807) is 0 Å². The maximum Gasteiger partial charge on any atom is 0.100 e. The van der Waals surface area contributed by atoms with Gasteiger partial charge in [-0.2, -0.15) is 0 Å². The third-order valence-electron chi connectivity index (χ3n) is 5.82. The van der Waals surface area contributed by atoms with Crippen LogP contribution in [0.1, 0.15) is 75.4 Å². The Bertz CT molecular complexity index is 1190. The molecule has 4 rings (SSSR count). The fraction of sp³-hybridized carbons (Fsp3) is 0.290. The van der Waals surface area contributed by atoms with E-state index in [0.29, 0.717) is 0 Å². The fourth-order valence-electron chi connectivity index (χ4n) is 4.25. The number of H-pyrrole nitrogens is 2. The summed E-state index contributed by atoms with van der Waals surface area (Å²) in [5.41, 5.74) is 5.62. The molecule has 2 N–H and O–H groups in total. The molecule has 0 saturated heterocycles. The summed E-state index contributed by atoms with van der Waals surface area (Å²) < 4.78 is 0. The molecule has 2 heterocycles. The number of aromatic amines is 2. The van der Waals surface area contributed by atoms with Crippen molar-refractivity contribution in [1.82, 2.24) is 9.97 Å². The fourth-order valence-corrected chi connectivity index (χ4v) is 4.25. The van der Waals surface area contributed by atoms with Crippen LogP contribution >= 0.6 is 0 Å². The molecule has 4 aromatic rings. The first kappa shape index (κ1) is 24.5. The minimum Gasteiger partial charge on any atom is -0.356 e. The van der Waals surface area contributed by atoms with Gasteiger partial charge in [0.15, 0.2) is 0 Å². The molecule has 2 aromatic heterocycles. The van der Waals surface area contributed by atoms with Crippen LogP contribution in [0.5, 0.6) is 0 Å². The number of aliphatic imine (C=N–C) groups is 2. The summed E-state index contributed by atoms with van der Waals surface area (Å²) in [4.78, 5) is 16.8. The summed E-state index contributed by atoms with van der Waals surface area (Å²) in [6.07, 6.45) is 3.86. The third kappa shape index (κ3) is 5.54. The van der Waals surface area contributed by atoms with E-state index in [4.69, 9.17) is 9.98 Å². The summed E-state index contributed by atoms with van der Waals surface area (Å²) in [5, 5.41) is 0. The van der Waals surface area contributed by atoms with Gasteiger partial charge in [0.05, 0.1) is 22.5 Å². The van der Waals surface area contributed by atoms with Crippen LogP contribution in [-0.2, 0) is 5.41 Å². The van der Waals surface area contributed by atoms with E-state index in [-0.39, 0.29) is 11.1 Å². The number of rotatable bonds is 6. The van der Waals surface area contributed by atoms with E-state index in [1.165, 1.54) is 11.1 Å². The average molecular weight is 465 g/mol. The molecular weight excluding hydrogens is 428 g/mol. The zero-order valence-electron chi connectivity index (χ0n) is 21.6. The van der Waals surface area contributed by atoms with E-state index in [1.807, 2.05) is 12.4 Å². The molecule has 0 aliphatic heterocycles. The second-order valence-corrected chi connectivity index (χ2v) is 11.0. The first-order chi connectivity index (χ1) is 16.6. The Morgan fingerprint density at radius 3 is 1.23 bits per heavy atom. The molecule has 4 heteroatoms. The summed E-state index contributed by atoms with van der Waals surface area (Å²) in [7, 11) is 0. The Kier molecular flexibility index (Phi) is 6.66. The Morgan fingerprint density at radius 1 is 0.514 bits per heavy atom. The second-order valence-electron chi connectivity index (χ2n) is 11.0. The molecule has 4 nitrogen and oxygen atoms in total. The van der Waals surface area contributed by atoms with E-state index in [2.05, 4.69) is 136 Å². The predicted molar refractivity (Wildman–Crippen MR) is 148 cm³/mol. The molecule has 0 spiro atoms. The van der Waals surface area contributed by atoms with E-state index < -0.39 is 5.41 Å². The molecule has 0 amide bonds. The Labute approximate surface area is 209 Å². The number of hydrogen-bond acceptors (Lipinski definition) is 2. The average Bonchev–Trinajstić information content (AvgIpc) is 3.48. The highest BCUT2D eigenvalue weighted by Gasteiger charge is 2.40. The quantitative estimate of drug-likeness (QED) is 0.284. The molecular formula is C31H36N4. The van der Waals surface area contributed by atoms with Gasteiger partial charge in [-0.25, -0.2) is 0 Å². The van der Waals surface area contributed by atoms with Gasteiger partial charge in [0.1, 0.15) is 5.41 Å². The lowest BCUT2D eigenvalue weighted by atomic mass is 9.69. The van der Waals surface area contributed by atoms with Crippen molar-refractivity contribution in [3.05, 3.63) is 119 Å². The standard InChI is InChI=1S/C31H36N4/c1-29(2,3)32-21-25-17-19-27(34-25)31(23-13-9-7-10-14-23,24-15-11-8-12-16-24)28-20-18-26(35-28)22-33-30(4,5)6/h7-22,34-35H,1-6H3. The molecule has 0 atom stereocenters. The molecule has 180 valence electrons. The molecule has 0 aliphatic carbocycles. The van der Waals surface area contributed by atoms with Gasteiger partial charge >= 0.3 is 0 Å². The summed E-state index contributed by atoms with van der Waals surface area (Å²) in [5.74, 6) is 0. The van der Waals surface area contributed by atoms with E-state index in [9.17, 15) is 0 Å². The lowest BCUT2D eigenvalue weighted by Crippen LogP contribution is -2.32. The van der Waals surface area contributed by atoms with Crippen LogP contribution in [0.15, 0.2) is 94.9 Å². The highest BCUT2D eigenvalue weighted by molar-refractivity contribution is 5.79. The van der Waals surface area contributed by atoms with Crippen molar-refractivity contribution < 1.29 is 0 Å². The summed E-state index contributed by atoms with van der Waals surface area (Å²) in [6.45, 7) is 12.6. The normalized spacial score (nSPS) is 13.2. The molecule has 2 aromatic carbocycles. The number of nitrogens with one attached hydrogen (secondary N) is 2. The number of hydrogen-bond donors (Lipinski definition) is 2. The summed E-state index contributed by atoms with van der Waals surface area (Å²) in [6, 6.07) is 29.9. The Morgan fingerprint density at radius 2 is 0.886 bits per heavy atom. The van der Waals surface area contributed by atoms with Crippen molar-refractivity contribution in [2.45, 2.75) is 58.0 Å². The maximum absolute atomic E-state index is 4.71. The maximum atomic E-state index is 4.71. The highest BCUT2D eigenvalue weighted by atomic mass is 14.9. The first-order valence-electron chi connectivity index (χ1n) is 12.2. The zero-order chi connectivity index (χ0) is 25.1. The van der Waals surface area contributed by atoms with Gasteiger partial charge in [-0.15, -0.1) is 0 Å². The molecule has 0 unspecified atom stereocenters. The highest BCUT2D eigenvalue weighted by Crippen LogP contribution is 2.44. The van der Waals surface area contributed by atoms with Gasteiger partial charge in [0, 0.05) is 23.8 Å². The van der Waals surface area contributed by atoms with Crippen LogP contribution in [0, 0.1) is 0 Å². The number of benzene rings is 2. The van der Waals surface area contributed by atoms with E-state index in [0.717, 1.165) is 22.8 Å². The van der Waals surface area contributed by atoms with Gasteiger partial charge in [0.25, 0.3) is 0 Å². The van der Waals surface area contributed by atoms with Crippen molar-refractivity contribution >= 4 is 12.4 Å². The van der Waals surface area contributed by atoms with Gasteiger partial charge in [-0.3, -0.25) is 9.98 Å². The van der Waals surface area contributed by atoms with Crippen LogP contribution in [0.2, 0.25) is 0 Å². The number of aromatic nitrogens is 2. The minimum absolute atomic E-state index is 0.137. The predicted octanol–water partition coefficient (Wildman–Crippen LogP) is 7.16. The minimum atomic E-state index is -0.565. The van der Waals surface area contributed by atoms with Crippen molar-refractivity contribution in [3.63, 3.8) is 0 Å². The Balaban J connectivity index is 1.95. The molecule has 35 heavy (non-hydrogen) atoms. The zero-order valence-corrected chi connectivity index (χ0v) is 21.6. The molecule has 0 radical (unpaired) electrons. The molecule has 0 bridgehead atoms. The lowest BCUT2D eigenvalue weighted by molar-refractivity contribution is 0.586. The Hall–Kier alpha value is -3.66. The molecule has 0 fully saturated rings. The van der Waals surface area contributed by atoms with Gasteiger partial charge < -0.3 is 9.97 Å². The van der Waals surface area contributed by atoms with Gasteiger partial charge in [-0.05, 0) is 76.9 Å². The van der Waals surface area contributed by atoms with Crippen molar-refractivity contribution in [2.75, 3.05) is 0 Å². The third-order valence-corrected chi connectivity index (χ3v) is 5.82. The van der Waals surface area contributed by atoms with Crippen LogP contribution in [0.25, 0.3) is 0 Å². The van der Waals surface area contributed by atoms with Crippen LogP contribution in [0.4, 0.5) is 0 Å². The van der Waals surface area contributed by atoms with Crippen LogP contribution in [0.3, 0.4) is 0 Å². The summed E-state index contributed by atoms with van der Waals surface area (Å²) >= 11 is 0. The second kappa shape index (κ2) is 9.53. The van der Waals surface area contributed by atoms with Crippen molar-refractivity contribution in [2.24, 2.45) is 9.98 Å². The number of nitrogens with zero attached hydrogens (tertiary/aromatic N) is 2. The largest absolute Gasteiger partial charge is 0.356 e. The SMILES string of the molecule is CC(C)(C)N=Cc1ccc(C(c2ccccc2)(c2ccccc2)c2ccc(C=NC(C)(C)C)[nH]2)[nH]1. The first-order valence-corrected chi connectivity index (χ1v) is 12.2. The van der Waals surface area contributed by atoms with Crippen LogP contribution in [-0.4, -0.2) is 33.5 Å². The van der Waals surface area contributed by atoms with E-state index >= 15 is 0 Å². The van der Waals surface area contributed by atoms with Gasteiger partial charge in [-0.1, -0.05) is 60.7 Å². The molecule has 0 saturated carbocycles. The van der Waals surface area contributed by atoms with Crippen molar-refractivity contribution in [3.8, 4) is 0 Å². The van der Waals surface area contributed by atoms with Crippen molar-refractivity contribution in [1.29, 1.82) is 0 Å². The topological polar surface area (TPSA) is 56.3 Å². The smallest absolute Gasteiger partial charge is 0.100 e. The van der Waals surface area contributed by atoms with Crippen LogP contribution < -0.4 is 0 Å². The lowest BCUT2D eigenvalue weighted by Gasteiger charge is -2.34.